The Morgan fingerprint density at radius 3 is 1.89 bits per heavy atom. The van der Waals surface area contributed by atoms with E-state index < -0.39 is 24.4 Å². The maximum atomic E-state index is 13.0. The van der Waals surface area contributed by atoms with E-state index in [0.717, 1.165) is 33.1 Å². The van der Waals surface area contributed by atoms with Crippen molar-refractivity contribution in [3.8, 4) is 0 Å². The minimum atomic E-state index is -0.900. The molecule has 2 heterocycles. The van der Waals surface area contributed by atoms with E-state index in [4.69, 9.17) is 18.8 Å². The molecule has 6 rings (SSSR count). The lowest BCUT2D eigenvalue weighted by Crippen LogP contribution is -2.51. The van der Waals surface area contributed by atoms with Gasteiger partial charge in [0.2, 0.25) is 0 Å². The number of fused-ring (bicyclic) bond motifs is 1. The molecule has 6 nitrogen and oxygen atoms in total. The molecule has 1 fully saturated rings. The molecule has 0 aliphatic carbocycles. The van der Waals surface area contributed by atoms with Crippen LogP contribution in [0.4, 0.5) is 0 Å². The van der Waals surface area contributed by atoms with Gasteiger partial charge in [0.25, 0.3) is 0 Å². The highest BCUT2D eigenvalue weighted by molar-refractivity contribution is 6.64. The van der Waals surface area contributed by atoms with Crippen molar-refractivity contribution in [3.63, 3.8) is 0 Å². The van der Waals surface area contributed by atoms with Crippen molar-refractivity contribution < 1.29 is 23.6 Å². The molecule has 2 atom stereocenters. The number of hydrogen-bond donors (Lipinski definition) is 0. The quantitative estimate of drug-likeness (QED) is 0.105. The zero-order valence-electron chi connectivity index (χ0n) is 26.0. The molecule has 7 heteroatoms. The molecular formula is C38H38BNO5. The van der Waals surface area contributed by atoms with Gasteiger partial charge < -0.3 is 18.8 Å². The van der Waals surface area contributed by atoms with Crippen LogP contribution in [0.3, 0.4) is 0 Å². The molecule has 5 aromatic rings. The fourth-order valence-electron chi connectivity index (χ4n) is 6.04. The summed E-state index contributed by atoms with van der Waals surface area (Å²) in [5, 5.41) is 0.987. The monoisotopic (exact) mass is 599 g/mol. The molecule has 4 aromatic carbocycles. The number of benzene rings is 4. The molecule has 0 saturated carbocycles. The first-order valence-electron chi connectivity index (χ1n) is 15.5. The molecule has 0 amide bonds. The van der Waals surface area contributed by atoms with Crippen molar-refractivity contribution in [1.29, 1.82) is 0 Å². The van der Waals surface area contributed by atoms with E-state index in [1.54, 1.807) is 6.20 Å². The number of carbonyl (C=O) groups is 1. The van der Waals surface area contributed by atoms with Crippen molar-refractivity contribution in [2.24, 2.45) is 0 Å². The van der Waals surface area contributed by atoms with Crippen LogP contribution in [0.15, 0.2) is 128 Å². The molecular weight excluding hydrogens is 561 g/mol. The second-order valence-corrected chi connectivity index (χ2v) is 12.4. The van der Waals surface area contributed by atoms with Crippen LogP contribution in [0.25, 0.3) is 10.9 Å². The number of esters is 1. The van der Waals surface area contributed by atoms with Gasteiger partial charge in [-0.25, -0.2) is 0 Å². The van der Waals surface area contributed by atoms with E-state index in [1.807, 2.05) is 106 Å². The summed E-state index contributed by atoms with van der Waals surface area (Å²) < 4.78 is 25.9. The second kappa shape index (κ2) is 13.4. The molecule has 1 saturated heterocycles. The van der Waals surface area contributed by atoms with Crippen molar-refractivity contribution in [2.45, 2.75) is 57.0 Å². The van der Waals surface area contributed by atoms with Gasteiger partial charge in [0.1, 0.15) is 11.2 Å². The summed E-state index contributed by atoms with van der Waals surface area (Å²) in [5.41, 5.74) is 3.15. The molecule has 1 aliphatic heterocycles. The summed E-state index contributed by atoms with van der Waals surface area (Å²) in [6.07, 6.45) is 1.51. The average molecular weight is 600 g/mol. The van der Waals surface area contributed by atoms with E-state index >= 15 is 0 Å². The smallest absolute Gasteiger partial charge is 0.460 e. The van der Waals surface area contributed by atoms with Gasteiger partial charge in [0, 0.05) is 11.7 Å². The van der Waals surface area contributed by atoms with Crippen molar-refractivity contribution >= 4 is 29.5 Å². The molecule has 0 spiro atoms. The van der Waals surface area contributed by atoms with Crippen LogP contribution >= 0.6 is 0 Å². The molecule has 1 aliphatic rings. The Hall–Kier alpha value is -4.30. The van der Waals surface area contributed by atoms with Crippen LogP contribution in [0.2, 0.25) is 0 Å². The molecule has 0 radical (unpaired) electrons. The first kappa shape index (κ1) is 30.7. The van der Waals surface area contributed by atoms with E-state index in [-0.39, 0.29) is 25.1 Å². The van der Waals surface area contributed by atoms with Crippen molar-refractivity contribution in [1.82, 2.24) is 4.98 Å². The lowest BCUT2D eigenvalue weighted by atomic mass is 9.75. The third kappa shape index (κ3) is 7.01. The third-order valence-corrected chi connectivity index (χ3v) is 7.92. The summed E-state index contributed by atoms with van der Waals surface area (Å²) in [4.78, 5) is 17.6. The van der Waals surface area contributed by atoms with Crippen molar-refractivity contribution in [2.75, 3.05) is 6.61 Å². The number of rotatable bonds is 9. The number of aromatic nitrogens is 1. The van der Waals surface area contributed by atoms with Crippen LogP contribution in [-0.2, 0) is 29.2 Å². The standard InChI is InChI=1S/C38H38BNO5/c1-37(2,3)43-35(41)26-32-25-33(45-39(44-32)34-23-13-15-28-16-14-24-40-36(28)34)27-42-38(29-17-7-4-8-18-29,30-19-9-5-10-20-30)31-21-11-6-12-22-31/h4-24,32-33H,25-27H2,1-3H3/t32-,33+/m0/s1. The van der Waals surface area contributed by atoms with Gasteiger partial charge in [-0.05, 0) is 55.3 Å². The highest BCUT2D eigenvalue weighted by atomic mass is 16.6. The van der Waals surface area contributed by atoms with Crippen LogP contribution in [0.1, 0.15) is 50.3 Å². The SMILES string of the molecule is CC(C)(C)OC(=O)C[C@@H]1C[C@H](COC(c2ccccc2)(c2ccccc2)c2ccccc2)OB(c2cccc3cccnc23)O1. The Morgan fingerprint density at radius 2 is 1.31 bits per heavy atom. The van der Waals surface area contributed by atoms with Gasteiger partial charge in [0.05, 0.1) is 30.8 Å². The van der Waals surface area contributed by atoms with Crippen LogP contribution in [-0.4, -0.2) is 42.5 Å². The second-order valence-electron chi connectivity index (χ2n) is 12.4. The van der Waals surface area contributed by atoms with Gasteiger partial charge in [-0.3, -0.25) is 9.78 Å². The summed E-state index contributed by atoms with van der Waals surface area (Å²) in [5.74, 6) is -0.309. The minimum Gasteiger partial charge on any atom is -0.460 e. The zero-order chi connectivity index (χ0) is 31.3. The van der Waals surface area contributed by atoms with E-state index in [1.165, 1.54) is 0 Å². The Labute approximate surface area is 265 Å². The van der Waals surface area contributed by atoms with Crippen LogP contribution < -0.4 is 5.46 Å². The topological polar surface area (TPSA) is 66.9 Å². The highest BCUT2D eigenvalue weighted by Gasteiger charge is 2.42. The Morgan fingerprint density at radius 1 is 0.756 bits per heavy atom. The van der Waals surface area contributed by atoms with Gasteiger partial charge >= 0.3 is 13.1 Å². The van der Waals surface area contributed by atoms with Crippen molar-refractivity contribution in [3.05, 3.63) is 144 Å². The Bertz CT molecular complexity index is 1610. The Balaban J connectivity index is 1.36. The van der Waals surface area contributed by atoms with Gasteiger partial charge in [-0.1, -0.05) is 115 Å². The predicted molar refractivity (Wildman–Crippen MR) is 177 cm³/mol. The van der Waals surface area contributed by atoms with E-state index in [9.17, 15) is 4.79 Å². The summed E-state index contributed by atoms with van der Waals surface area (Å²) >= 11 is 0. The normalized spacial score (nSPS) is 17.3. The molecule has 0 bridgehead atoms. The van der Waals surface area contributed by atoms with Gasteiger partial charge in [0.15, 0.2) is 0 Å². The van der Waals surface area contributed by atoms with Gasteiger partial charge in [-0.15, -0.1) is 0 Å². The molecule has 0 N–H and O–H groups in total. The van der Waals surface area contributed by atoms with E-state index in [2.05, 4.69) is 41.4 Å². The van der Waals surface area contributed by atoms with Gasteiger partial charge in [-0.2, -0.15) is 0 Å². The average Bonchev–Trinajstić information content (AvgIpc) is 3.05. The van der Waals surface area contributed by atoms with Crippen LogP contribution in [0, 0.1) is 0 Å². The molecule has 0 unspecified atom stereocenters. The third-order valence-electron chi connectivity index (χ3n) is 7.92. The van der Waals surface area contributed by atoms with E-state index in [0.29, 0.717) is 6.42 Å². The number of para-hydroxylation sites is 1. The number of carbonyl (C=O) groups excluding carboxylic acids is 1. The lowest BCUT2D eigenvalue weighted by Gasteiger charge is -2.39. The van der Waals surface area contributed by atoms with Crippen LogP contribution in [0.5, 0.6) is 0 Å². The summed E-state index contributed by atoms with van der Waals surface area (Å²) in [6.45, 7) is 5.86. The number of nitrogens with zero attached hydrogens (tertiary/aromatic N) is 1. The lowest BCUT2D eigenvalue weighted by molar-refractivity contribution is -0.158. The maximum absolute atomic E-state index is 13.0. The number of ether oxygens (including phenoxy) is 2. The maximum Gasteiger partial charge on any atom is 0.496 e. The molecule has 45 heavy (non-hydrogen) atoms. The Kier molecular flexibility index (Phi) is 9.13. The number of pyridine rings is 1. The summed E-state index contributed by atoms with van der Waals surface area (Å²) in [7, 11) is -0.738. The number of hydrogen-bond acceptors (Lipinski definition) is 6. The fraction of sp³-hybridized carbons (Fsp3) is 0.263. The minimum absolute atomic E-state index is 0.104. The first-order chi connectivity index (χ1) is 21.8. The largest absolute Gasteiger partial charge is 0.496 e. The first-order valence-corrected chi connectivity index (χ1v) is 15.5. The molecule has 1 aromatic heterocycles. The fourth-order valence-corrected chi connectivity index (χ4v) is 6.04. The summed E-state index contributed by atoms with van der Waals surface area (Å²) in [6, 6.07) is 40.7. The zero-order valence-corrected chi connectivity index (χ0v) is 26.0. The highest BCUT2D eigenvalue weighted by Crippen LogP contribution is 2.41. The predicted octanol–water partition coefficient (Wildman–Crippen LogP) is 6.84. The molecule has 228 valence electrons.